The summed E-state index contributed by atoms with van der Waals surface area (Å²) in [5, 5.41) is 1.28. The summed E-state index contributed by atoms with van der Waals surface area (Å²) >= 11 is 17.3. The van der Waals surface area contributed by atoms with Crippen LogP contribution in [-0.2, 0) is 0 Å². The number of benzene rings is 1. The highest BCUT2D eigenvalue weighted by Crippen LogP contribution is 2.19. The van der Waals surface area contributed by atoms with Crippen molar-refractivity contribution in [2.75, 3.05) is 5.88 Å². The van der Waals surface area contributed by atoms with E-state index in [0.29, 0.717) is 15.9 Å². The molecule has 0 bridgehead atoms. The summed E-state index contributed by atoms with van der Waals surface area (Å²) in [6.45, 7) is 0. The Morgan fingerprint density at radius 2 is 2.00 bits per heavy atom. The molecule has 1 rings (SSSR count). The summed E-state index contributed by atoms with van der Waals surface area (Å²) in [6.07, 6.45) is 1.68. The van der Waals surface area contributed by atoms with Crippen LogP contribution in [0.15, 0.2) is 18.2 Å². The molecule has 74 valence electrons. The lowest BCUT2D eigenvalue weighted by molar-refractivity contribution is 0.991. The Balaban J connectivity index is 2.73. The first kappa shape index (κ1) is 11.7. The highest BCUT2D eigenvalue weighted by Gasteiger charge is 1.96. The first-order valence-corrected chi connectivity index (χ1v) is 5.53. The molecule has 0 N–H and O–H groups in total. The third kappa shape index (κ3) is 3.80. The number of halogens is 3. The van der Waals surface area contributed by atoms with E-state index in [2.05, 4.69) is 11.8 Å². The minimum Gasteiger partial charge on any atom is -0.127 e. The number of hydrogen-bond acceptors (Lipinski definition) is 0. The van der Waals surface area contributed by atoms with E-state index < -0.39 is 0 Å². The molecule has 0 heterocycles. The Bertz CT molecular complexity index is 361. The predicted octanol–water partition coefficient (Wildman–Crippen LogP) is 4.36. The van der Waals surface area contributed by atoms with E-state index in [1.54, 1.807) is 18.2 Å². The third-order valence-electron chi connectivity index (χ3n) is 1.59. The molecule has 0 aliphatic carbocycles. The SMILES string of the molecule is ClCCCC#Cc1cc(Cl)ccc1Cl. The molecule has 0 radical (unpaired) electrons. The fourth-order valence-electron chi connectivity index (χ4n) is 0.906. The van der Waals surface area contributed by atoms with Crippen molar-refractivity contribution in [3.05, 3.63) is 33.8 Å². The molecule has 3 heteroatoms. The van der Waals surface area contributed by atoms with Gasteiger partial charge < -0.3 is 0 Å². The van der Waals surface area contributed by atoms with E-state index in [9.17, 15) is 0 Å². The zero-order chi connectivity index (χ0) is 10.4. The van der Waals surface area contributed by atoms with Crippen molar-refractivity contribution < 1.29 is 0 Å². The zero-order valence-electron chi connectivity index (χ0n) is 7.49. The van der Waals surface area contributed by atoms with Crippen molar-refractivity contribution in [2.45, 2.75) is 12.8 Å². The normalized spacial score (nSPS) is 9.36. The second kappa shape index (κ2) is 6.19. The second-order valence-corrected chi connectivity index (χ2v) is 3.94. The standard InChI is InChI=1S/C11H9Cl3/c12-7-3-1-2-4-9-8-10(13)5-6-11(9)14/h5-6,8H,1,3,7H2. The monoisotopic (exact) mass is 246 g/mol. The Morgan fingerprint density at radius 1 is 1.21 bits per heavy atom. The summed E-state index contributed by atoms with van der Waals surface area (Å²) in [5.41, 5.74) is 0.772. The van der Waals surface area contributed by atoms with Gasteiger partial charge in [-0.3, -0.25) is 0 Å². The molecule has 0 spiro atoms. The highest BCUT2D eigenvalue weighted by molar-refractivity contribution is 6.33. The summed E-state index contributed by atoms with van der Waals surface area (Å²) in [4.78, 5) is 0. The van der Waals surface area contributed by atoms with Crippen molar-refractivity contribution in [3.63, 3.8) is 0 Å². The van der Waals surface area contributed by atoms with Crippen molar-refractivity contribution >= 4 is 34.8 Å². The van der Waals surface area contributed by atoms with Crippen LogP contribution in [0.2, 0.25) is 10.0 Å². The quantitative estimate of drug-likeness (QED) is 0.414. The van der Waals surface area contributed by atoms with E-state index in [1.807, 2.05) is 0 Å². The lowest BCUT2D eigenvalue weighted by atomic mass is 10.2. The van der Waals surface area contributed by atoms with Crippen LogP contribution in [0.5, 0.6) is 0 Å². The van der Waals surface area contributed by atoms with E-state index >= 15 is 0 Å². The van der Waals surface area contributed by atoms with Crippen LogP contribution in [0.3, 0.4) is 0 Å². The van der Waals surface area contributed by atoms with Gasteiger partial charge in [0, 0.05) is 22.9 Å². The van der Waals surface area contributed by atoms with Crippen LogP contribution < -0.4 is 0 Å². The summed E-state index contributed by atoms with van der Waals surface area (Å²) in [7, 11) is 0. The Hall–Kier alpha value is -0.350. The van der Waals surface area contributed by atoms with Gasteiger partial charge in [0.1, 0.15) is 0 Å². The van der Waals surface area contributed by atoms with Crippen molar-refractivity contribution in [1.82, 2.24) is 0 Å². The van der Waals surface area contributed by atoms with E-state index in [-0.39, 0.29) is 0 Å². The van der Waals surface area contributed by atoms with Crippen LogP contribution in [0.1, 0.15) is 18.4 Å². The molecular weight excluding hydrogens is 238 g/mol. The summed E-state index contributed by atoms with van der Waals surface area (Å²) < 4.78 is 0. The second-order valence-electron chi connectivity index (χ2n) is 2.72. The third-order valence-corrected chi connectivity index (χ3v) is 2.42. The Labute approximate surface area is 99.2 Å². The fraction of sp³-hybridized carbons (Fsp3) is 0.273. The van der Waals surface area contributed by atoms with Crippen molar-refractivity contribution in [3.8, 4) is 11.8 Å². The van der Waals surface area contributed by atoms with Gasteiger partial charge in [0.2, 0.25) is 0 Å². The maximum Gasteiger partial charge on any atom is 0.0563 e. The molecule has 0 atom stereocenters. The first-order chi connectivity index (χ1) is 6.74. The maximum absolute atomic E-state index is 5.92. The average molecular weight is 248 g/mol. The Kier molecular flexibility index (Phi) is 5.19. The van der Waals surface area contributed by atoms with E-state index in [4.69, 9.17) is 34.8 Å². The van der Waals surface area contributed by atoms with Gasteiger partial charge in [-0.1, -0.05) is 35.0 Å². The number of hydrogen-bond donors (Lipinski definition) is 0. The van der Waals surface area contributed by atoms with Gasteiger partial charge in [-0.25, -0.2) is 0 Å². The van der Waals surface area contributed by atoms with Crippen LogP contribution >= 0.6 is 34.8 Å². The maximum atomic E-state index is 5.92. The van der Waals surface area contributed by atoms with Crippen molar-refractivity contribution in [2.24, 2.45) is 0 Å². The molecular formula is C11H9Cl3. The molecule has 0 aliphatic rings. The molecule has 0 nitrogen and oxygen atoms in total. The minimum absolute atomic E-state index is 0.632. The molecule has 14 heavy (non-hydrogen) atoms. The zero-order valence-corrected chi connectivity index (χ0v) is 9.76. The molecule has 0 aromatic heterocycles. The number of alkyl halides is 1. The fourth-order valence-corrected chi connectivity index (χ4v) is 1.38. The smallest absolute Gasteiger partial charge is 0.0563 e. The first-order valence-electron chi connectivity index (χ1n) is 4.24. The molecule has 0 saturated heterocycles. The van der Waals surface area contributed by atoms with Crippen LogP contribution in [0.25, 0.3) is 0 Å². The van der Waals surface area contributed by atoms with Crippen molar-refractivity contribution in [1.29, 1.82) is 0 Å². The lowest BCUT2D eigenvalue weighted by Gasteiger charge is -1.95. The average Bonchev–Trinajstić information content (AvgIpc) is 2.18. The predicted molar refractivity (Wildman–Crippen MR) is 63.3 cm³/mol. The lowest BCUT2D eigenvalue weighted by Crippen LogP contribution is -1.77. The van der Waals surface area contributed by atoms with Gasteiger partial charge in [0.25, 0.3) is 0 Å². The molecule has 1 aromatic carbocycles. The molecule has 0 unspecified atom stereocenters. The van der Waals surface area contributed by atoms with Crippen LogP contribution in [0.4, 0.5) is 0 Å². The molecule has 0 fully saturated rings. The van der Waals surface area contributed by atoms with Gasteiger partial charge >= 0.3 is 0 Å². The molecule has 0 amide bonds. The number of rotatable bonds is 2. The van der Waals surface area contributed by atoms with Gasteiger partial charge in [-0.05, 0) is 24.6 Å². The van der Waals surface area contributed by atoms with Gasteiger partial charge in [0.15, 0.2) is 0 Å². The summed E-state index contributed by atoms with van der Waals surface area (Å²) in [6, 6.07) is 5.25. The highest BCUT2D eigenvalue weighted by atomic mass is 35.5. The van der Waals surface area contributed by atoms with Crippen LogP contribution in [0, 0.1) is 11.8 Å². The van der Waals surface area contributed by atoms with Gasteiger partial charge in [-0.15, -0.1) is 11.6 Å². The largest absolute Gasteiger partial charge is 0.127 e. The summed E-state index contributed by atoms with van der Waals surface area (Å²) in [5.74, 6) is 6.59. The Morgan fingerprint density at radius 3 is 2.71 bits per heavy atom. The van der Waals surface area contributed by atoms with E-state index in [1.165, 1.54) is 0 Å². The molecule has 0 aliphatic heterocycles. The topological polar surface area (TPSA) is 0 Å². The van der Waals surface area contributed by atoms with E-state index in [0.717, 1.165) is 18.4 Å². The van der Waals surface area contributed by atoms with Crippen LogP contribution in [-0.4, -0.2) is 5.88 Å². The molecule has 1 aromatic rings. The molecule has 0 saturated carbocycles. The van der Waals surface area contributed by atoms with Gasteiger partial charge in [-0.2, -0.15) is 0 Å². The number of unbranched alkanes of at least 4 members (excludes halogenated alkanes) is 1. The minimum atomic E-state index is 0.632. The van der Waals surface area contributed by atoms with Gasteiger partial charge in [0.05, 0.1) is 5.02 Å².